The van der Waals surface area contributed by atoms with Gasteiger partial charge < -0.3 is 11.5 Å². The van der Waals surface area contributed by atoms with Crippen LogP contribution in [0, 0.1) is 0 Å². The van der Waals surface area contributed by atoms with Crippen LogP contribution in [0.4, 0.5) is 0 Å². The van der Waals surface area contributed by atoms with E-state index in [4.69, 9.17) is 11.5 Å². The molecule has 0 aliphatic carbocycles. The minimum atomic E-state index is 0.126. The van der Waals surface area contributed by atoms with Gasteiger partial charge in [-0.2, -0.15) is 0 Å². The molecule has 0 aromatic carbocycles. The largest absolute Gasteiger partial charge is 0.330 e. The maximum Gasteiger partial charge on any atom is 0.0154 e. The Bertz CT molecular complexity index is 228. The van der Waals surface area contributed by atoms with Crippen LogP contribution in [0.2, 0.25) is 0 Å². The van der Waals surface area contributed by atoms with Crippen molar-refractivity contribution in [3.63, 3.8) is 0 Å². The molecule has 0 fully saturated rings. The molecule has 0 aromatic rings. The van der Waals surface area contributed by atoms with E-state index < -0.39 is 0 Å². The summed E-state index contributed by atoms with van der Waals surface area (Å²) in [7, 11) is 0. The van der Waals surface area contributed by atoms with Gasteiger partial charge in [0.05, 0.1) is 0 Å². The van der Waals surface area contributed by atoms with Crippen LogP contribution in [0.1, 0.15) is 129 Å². The minimum Gasteiger partial charge on any atom is -0.330 e. The highest BCUT2D eigenvalue weighted by molar-refractivity contribution is 4.84. The molecule has 0 spiro atoms. The van der Waals surface area contributed by atoms with Crippen molar-refractivity contribution in [2.75, 3.05) is 6.54 Å². The number of hydrogen-bond acceptors (Lipinski definition) is 2. The molecule has 0 aliphatic heterocycles. The number of unbranched alkanes of at least 4 members (excludes halogenated alkanes) is 12. The van der Waals surface area contributed by atoms with E-state index in [1.54, 1.807) is 0 Å². The average Bonchev–Trinajstić information content (AvgIpc) is 2.58. The van der Waals surface area contributed by atoms with Crippen molar-refractivity contribution in [2.45, 2.75) is 135 Å². The average molecular weight is 341 g/mol. The van der Waals surface area contributed by atoms with Crippen LogP contribution < -0.4 is 11.5 Å². The first-order valence-electron chi connectivity index (χ1n) is 11.2. The topological polar surface area (TPSA) is 52.0 Å². The smallest absolute Gasteiger partial charge is 0.0154 e. The Balaban J connectivity index is 3.90. The summed E-state index contributed by atoms with van der Waals surface area (Å²) in [6, 6.07) is 0. The van der Waals surface area contributed by atoms with Crippen LogP contribution in [0.15, 0.2) is 0 Å². The van der Waals surface area contributed by atoms with Crippen LogP contribution in [-0.4, -0.2) is 12.1 Å². The molecule has 0 saturated heterocycles. The zero-order chi connectivity index (χ0) is 17.9. The first kappa shape index (κ1) is 23.9. The third-order valence-corrected chi connectivity index (χ3v) is 5.44. The third-order valence-electron chi connectivity index (χ3n) is 5.44. The standard InChI is InChI=1S/C22H48N2/c1-3-5-7-14-18-22(24,19-15-8-6-4-2)20-16-12-10-9-11-13-17-21-23/h3-21,23-24H2,1-2H3. The summed E-state index contributed by atoms with van der Waals surface area (Å²) >= 11 is 0. The zero-order valence-corrected chi connectivity index (χ0v) is 17.1. The molecule has 146 valence electrons. The molecule has 0 amide bonds. The van der Waals surface area contributed by atoms with Gasteiger partial charge in [0, 0.05) is 5.54 Å². The Morgan fingerprint density at radius 3 is 1.21 bits per heavy atom. The highest BCUT2D eigenvalue weighted by Gasteiger charge is 2.23. The number of nitrogens with two attached hydrogens (primary N) is 2. The zero-order valence-electron chi connectivity index (χ0n) is 17.1. The summed E-state index contributed by atoms with van der Waals surface area (Å²) in [4.78, 5) is 0. The molecule has 0 atom stereocenters. The van der Waals surface area contributed by atoms with E-state index in [1.807, 2.05) is 0 Å². The second-order valence-electron chi connectivity index (χ2n) is 8.00. The van der Waals surface area contributed by atoms with Gasteiger partial charge in [-0.05, 0) is 32.2 Å². The van der Waals surface area contributed by atoms with E-state index in [9.17, 15) is 0 Å². The van der Waals surface area contributed by atoms with E-state index in [1.165, 1.54) is 116 Å². The van der Waals surface area contributed by atoms with Crippen LogP contribution in [0.25, 0.3) is 0 Å². The molecule has 2 heteroatoms. The Kier molecular flexibility index (Phi) is 17.7. The van der Waals surface area contributed by atoms with Crippen LogP contribution in [-0.2, 0) is 0 Å². The van der Waals surface area contributed by atoms with Crippen molar-refractivity contribution in [1.29, 1.82) is 0 Å². The van der Waals surface area contributed by atoms with E-state index in [0.717, 1.165) is 6.54 Å². The summed E-state index contributed by atoms with van der Waals surface area (Å²) in [5.41, 5.74) is 12.5. The predicted octanol–water partition coefficient (Wildman–Crippen LogP) is 6.70. The molecule has 0 rings (SSSR count). The molecule has 0 radical (unpaired) electrons. The third kappa shape index (κ3) is 15.4. The summed E-state index contributed by atoms with van der Waals surface area (Å²) < 4.78 is 0. The highest BCUT2D eigenvalue weighted by atomic mass is 14.7. The highest BCUT2D eigenvalue weighted by Crippen LogP contribution is 2.26. The SMILES string of the molecule is CCCCCCC(N)(CCCCCC)CCCCCCCCCN. The lowest BCUT2D eigenvalue weighted by atomic mass is 9.83. The van der Waals surface area contributed by atoms with Crippen molar-refractivity contribution in [3.05, 3.63) is 0 Å². The molecule has 0 bridgehead atoms. The molecule has 4 N–H and O–H groups in total. The number of hydrogen-bond donors (Lipinski definition) is 2. The quantitative estimate of drug-likeness (QED) is 0.257. The Hall–Kier alpha value is -0.0800. The minimum absolute atomic E-state index is 0.126. The van der Waals surface area contributed by atoms with Gasteiger partial charge in [0.1, 0.15) is 0 Å². The fourth-order valence-corrected chi connectivity index (χ4v) is 3.69. The first-order chi connectivity index (χ1) is 11.7. The Labute approximate surface area is 153 Å². The summed E-state index contributed by atoms with van der Waals surface area (Å²) in [6.45, 7) is 5.42. The molecule has 24 heavy (non-hydrogen) atoms. The molecule has 0 aliphatic rings. The lowest BCUT2D eigenvalue weighted by Crippen LogP contribution is -2.39. The number of rotatable bonds is 19. The predicted molar refractivity (Wildman–Crippen MR) is 110 cm³/mol. The van der Waals surface area contributed by atoms with E-state index in [2.05, 4.69) is 13.8 Å². The van der Waals surface area contributed by atoms with Gasteiger partial charge in [0.25, 0.3) is 0 Å². The van der Waals surface area contributed by atoms with Gasteiger partial charge in [0.2, 0.25) is 0 Å². The van der Waals surface area contributed by atoms with Crippen molar-refractivity contribution < 1.29 is 0 Å². The molecule has 0 unspecified atom stereocenters. The van der Waals surface area contributed by atoms with Crippen molar-refractivity contribution in [2.24, 2.45) is 11.5 Å². The van der Waals surface area contributed by atoms with E-state index in [-0.39, 0.29) is 5.54 Å². The summed E-state index contributed by atoms with van der Waals surface area (Å²) in [6.07, 6.45) is 23.8. The maximum atomic E-state index is 6.83. The molecule has 0 aromatic heterocycles. The Morgan fingerprint density at radius 1 is 0.500 bits per heavy atom. The maximum absolute atomic E-state index is 6.83. The van der Waals surface area contributed by atoms with E-state index >= 15 is 0 Å². The second-order valence-corrected chi connectivity index (χ2v) is 8.00. The molecule has 0 saturated carbocycles. The van der Waals surface area contributed by atoms with Crippen molar-refractivity contribution >= 4 is 0 Å². The van der Waals surface area contributed by atoms with Gasteiger partial charge in [-0.3, -0.25) is 0 Å². The molecular formula is C22H48N2. The second kappa shape index (κ2) is 17.7. The first-order valence-corrected chi connectivity index (χ1v) is 11.2. The van der Waals surface area contributed by atoms with Gasteiger partial charge in [-0.15, -0.1) is 0 Å². The summed E-state index contributed by atoms with van der Waals surface area (Å²) in [5, 5.41) is 0. The molecular weight excluding hydrogens is 292 g/mol. The summed E-state index contributed by atoms with van der Waals surface area (Å²) in [5.74, 6) is 0. The lowest BCUT2D eigenvalue weighted by molar-refractivity contribution is 0.303. The molecule has 0 heterocycles. The molecule has 2 nitrogen and oxygen atoms in total. The van der Waals surface area contributed by atoms with Crippen LogP contribution >= 0.6 is 0 Å². The van der Waals surface area contributed by atoms with Gasteiger partial charge in [0.15, 0.2) is 0 Å². The van der Waals surface area contributed by atoms with Gasteiger partial charge in [-0.1, -0.05) is 104 Å². The fourth-order valence-electron chi connectivity index (χ4n) is 3.69. The van der Waals surface area contributed by atoms with Crippen LogP contribution in [0.3, 0.4) is 0 Å². The Morgan fingerprint density at radius 2 is 0.833 bits per heavy atom. The van der Waals surface area contributed by atoms with Crippen molar-refractivity contribution in [3.8, 4) is 0 Å². The lowest BCUT2D eigenvalue weighted by Gasteiger charge is -2.30. The van der Waals surface area contributed by atoms with Gasteiger partial charge in [-0.25, -0.2) is 0 Å². The van der Waals surface area contributed by atoms with Crippen molar-refractivity contribution in [1.82, 2.24) is 0 Å². The van der Waals surface area contributed by atoms with E-state index in [0.29, 0.717) is 0 Å². The monoisotopic (exact) mass is 340 g/mol. The van der Waals surface area contributed by atoms with Gasteiger partial charge >= 0.3 is 0 Å². The normalized spacial score (nSPS) is 12.0. The fraction of sp³-hybridized carbons (Fsp3) is 1.00. The van der Waals surface area contributed by atoms with Crippen LogP contribution in [0.5, 0.6) is 0 Å².